The highest BCUT2D eigenvalue weighted by Gasteiger charge is 2.53. The summed E-state index contributed by atoms with van der Waals surface area (Å²) in [4.78, 5) is 47.6. The highest BCUT2D eigenvalue weighted by Crippen LogP contribution is 2.47. The lowest BCUT2D eigenvalue weighted by Gasteiger charge is -2.27. The summed E-state index contributed by atoms with van der Waals surface area (Å²) in [6.07, 6.45) is 1.56. The molecule has 1 aliphatic rings. The Morgan fingerprint density at radius 1 is 1.20 bits per heavy atom. The molecule has 5 rings (SSSR count). The Labute approximate surface area is 286 Å². The number of anilines is 2. The van der Waals surface area contributed by atoms with Crippen molar-refractivity contribution in [2.75, 3.05) is 43.1 Å². The molecule has 4 aromatic rings. The Balaban J connectivity index is 1.32. The third-order valence-electron chi connectivity index (χ3n) is 7.79. The van der Waals surface area contributed by atoms with Crippen LogP contribution in [0, 0.1) is 5.92 Å². The zero-order valence-corrected chi connectivity index (χ0v) is 28.1. The third-order valence-corrected chi connectivity index (χ3v) is 7.79. The predicted octanol–water partition coefficient (Wildman–Crippen LogP) is 5.44. The third kappa shape index (κ3) is 8.94. The number of alkyl halides is 2. The first kappa shape index (κ1) is 36.2. The summed E-state index contributed by atoms with van der Waals surface area (Å²) in [5.41, 5.74) is 4.36. The van der Waals surface area contributed by atoms with Crippen molar-refractivity contribution in [3.05, 3.63) is 72.0 Å². The number of nitrogens with zero attached hydrogens (tertiary/aromatic N) is 5. The summed E-state index contributed by atoms with van der Waals surface area (Å²) in [5.74, 6) is -0.536. The van der Waals surface area contributed by atoms with Crippen LogP contribution >= 0.6 is 0 Å². The van der Waals surface area contributed by atoms with Gasteiger partial charge in [0.05, 0.1) is 43.0 Å². The lowest BCUT2D eigenvalue weighted by molar-refractivity contribution is -0.00675. The van der Waals surface area contributed by atoms with Crippen molar-refractivity contribution in [1.82, 2.24) is 19.7 Å². The maximum Gasteiger partial charge on any atom is 0.416 e. The second-order valence-electron chi connectivity index (χ2n) is 12.8. The number of nitrogens with two attached hydrogens (primary N) is 1. The van der Waals surface area contributed by atoms with Gasteiger partial charge in [-0.15, -0.1) is 0 Å². The van der Waals surface area contributed by atoms with E-state index in [-0.39, 0.29) is 35.6 Å². The van der Waals surface area contributed by atoms with Gasteiger partial charge in [0, 0.05) is 36.3 Å². The summed E-state index contributed by atoms with van der Waals surface area (Å²) in [6.45, 7) is 9.18. The number of nitrogens with one attached hydrogen (secondary N) is 1. The van der Waals surface area contributed by atoms with E-state index in [1.54, 1.807) is 32.9 Å². The first-order valence-corrected chi connectivity index (χ1v) is 15.9. The number of carbonyl (C=O) groups is 3. The fourth-order valence-electron chi connectivity index (χ4n) is 5.06. The van der Waals surface area contributed by atoms with Gasteiger partial charge < -0.3 is 29.7 Å². The first-order chi connectivity index (χ1) is 23.8. The predicted molar refractivity (Wildman–Crippen MR) is 178 cm³/mol. The number of pyridine rings is 1. The van der Waals surface area contributed by atoms with Crippen LogP contribution in [-0.2, 0) is 14.2 Å². The number of ether oxygens (including phenoxy) is 3. The molecule has 3 aromatic heterocycles. The van der Waals surface area contributed by atoms with Crippen molar-refractivity contribution in [3.8, 4) is 17.1 Å². The smallest absolute Gasteiger partial charge is 0.416 e. The molecular formula is C34H39F2N7O7. The van der Waals surface area contributed by atoms with Gasteiger partial charge in [0.15, 0.2) is 11.4 Å². The molecule has 1 saturated carbocycles. The number of oxazole rings is 1. The SMILES string of the molecule is CC(C)(C)OC(=O)N(CC1C[C@@]1(C)OCCOCCN)c1cc(-c2nc(C(=O)Nc3cn(-c4ccc(C=O)cc4)nc3C(F)F)co2)ccn1. The van der Waals surface area contributed by atoms with Crippen LogP contribution < -0.4 is 16.0 Å². The van der Waals surface area contributed by atoms with E-state index in [1.807, 2.05) is 6.92 Å². The van der Waals surface area contributed by atoms with Crippen LogP contribution in [0.15, 0.2) is 59.5 Å². The van der Waals surface area contributed by atoms with Crippen LogP contribution in [0.25, 0.3) is 17.1 Å². The molecule has 0 saturated heterocycles. The Morgan fingerprint density at radius 2 is 1.96 bits per heavy atom. The van der Waals surface area contributed by atoms with Crippen LogP contribution in [0.4, 0.5) is 25.1 Å². The molecule has 2 amide bonds. The zero-order chi connectivity index (χ0) is 36.1. The molecule has 1 aromatic carbocycles. The second-order valence-corrected chi connectivity index (χ2v) is 12.8. The molecular weight excluding hydrogens is 656 g/mol. The molecule has 1 aliphatic carbocycles. The minimum atomic E-state index is -2.99. The first-order valence-electron chi connectivity index (χ1n) is 15.9. The van der Waals surface area contributed by atoms with E-state index >= 15 is 0 Å². The highest BCUT2D eigenvalue weighted by atomic mass is 19.3. The number of aldehydes is 1. The molecule has 16 heteroatoms. The van der Waals surface area contributed by atoms with E-state index in [0.29, 0.717) is 55.9 Å². The van der Waals surface area contributed by atoms with Gasteiger partial charge in [0.25, 0.3) is 12.3 Å². The van der Waals surface area contributed by atoms with Crippen LogP contribution in [0.1, 0.15) is 67.1 Å². The van der Waals surface area contributed by atoms with Crippen molar-refractivity contribution in [3.63, 3.8) is 0 Å². The molecule has 14 nitrogen and oxygen atoms in total. The van der Waals surface area contributed by atoms with E-state index in [1.165, 1.54) is 46.2 Å². The number of carbonyl (C=O) groups excluding carboxylic acids is 3. The number of rotatable bonds is 15. The van der Waals surface area contributed by atoms with E-state index in [0.717, 1.165) is 6.26 Å². The molecule has 3 N–H and O–H groups in total. The molecule has 0 spiro atoms. The number of halogens is 2. The van der Waals surface area contributed by atoms with Gasteiger partial charge in [-0.3, -0.25) is 14.5 Å². The second kappa shape index (κ2) is 15.2. The maximum atomic E-state index is 13.9. The van der Waals surface area contributed by atoms with Crippen molar-refractivity contribution in [2.45, 2.75) is 51.7 Å². The molecule has 1 fully saturated rings. The minimum Gasteiger partial charge on any atom is -0.444 e. The fourth-order valence-corrected chi connectivity index (χ4v) is 5.06. The zero-order valence-electron chi connectivity index (χ0n) is 28.1. The fraction of sp³-hybridized carbons (Fsp3) is 0.412. The number of amides is 2. The molecule has 0 radical (unpaired) electrons. The molecule has 1 unspecified atom stereocenters. The number of aromatic nitrogens is 4. The van der Waals surface area contributed by atoms with Gasteiger partial charge >= 0.3 is 6.09 Å². The topological polar surface area (TPSA) is 177 Å². The Morgan fingerprint density at radius 3 is 2.64 bits per heavy atom. The van der Waals surface area contributed by atoms with E-state index in [4.69, 9.17) is 24.4 Å². The molecule has 0 bridgehead atoms. The van der Waals surface area contributed by atoms with Crippen molar-refractivity contribution < 1.29 is 41.8 Å². The van der Waals surface area contributed by atoms with E-state index in [2.05, 4.69) is 20.4 Å². The van der Waals surface area contributed by atoms with E-state index in [9.17, 15) is 23.2 Å². The molecule has 50 heavy (non-hydrogen) atoms. The average Bonchev–Trinajstić information content (AvgIpc) is 3.40. The number of hydrogen-bond donors (Lipinski definition) is 2. The summed E-state index contributed by atoms with van der Waals surface area (Å²) in [6, 6.07) is 9.26. The number of hydrogen-bond acceptors (Lipinski definition) is 11. The Kier molecular flexibility index (Phi) is 11.0. The largest absolute Gasteiger partial charge is 0.444 e. The van der Waals surface area contributed by atoms with Gasteiger partial charge in [0.2, 0.25) is 5.89 Å². The minimum absolute atomic E-state index is 0.00906. The summed E-state index contributed by atoms with van der Waals surface area (Å²) in [5, 5.41) is 6.33. The molecule has 266 valence electrons. The maximum absolute atomic E-state index is 13.9. The van der Waals surface area contributed by atoms with Gasteiger partial charge in [-0.1, -0.05) is 0 Å². The Hall–Kier alpha value is -5.06. The monoisotopic (exact) mass is 695 g/mol. The van der Waals surface area contributed by atoms with Gasteiger partial charge in [-0.05, 0) is 70.5 Å². The Bertz CT molecular complexity index is 1810. The number of benzene rings is 1. The van der Waals surface area contributed by atoms with Crippen molar-refractivity contribution in [1.29, 1.82) is 0 Å². The molecule has 0 aliphatic heterocycles. The van der Waals surface area contributed by atoms with Crippen LogP contribution in [0.3, 0.4) is 0 Å². The van der Waals surface area contributed by atoms with Gasteiger partial charge in [-0.2, -0.15) is 5.10 Å². The lowest BCUT2D eigenvalue weighted by atomic mass is 10.2. The molecule has 3 heterocycles. The van der Waals surface area contributed by atoms with Crippen molar-refractivity contribution >= 4 is 29.8 Å². The summed E-state index contributed by atoms with van der Waals surface area (Å²) < 4.78 is 51.6. The van der Waals surface area contributed by atoms with Gasteiger partial charge in [0.1, 0.15) is 24.0 Å². The standard InChI is InChI=1S/C34H39F2N7O7/c1-33(2,3)50-32(46)42(17-23-16-34(23,4)49-14-13-47-12-10-37)27-15-22(9-11-38-27)31-40-26(20-48-31)30(45)39-25-18-43(41-28(25)29(35)36)24-7-5-21(19-44)6-8-24/h5-9,11,15,18-20,23,29H,10,12-14,16-17,37H2,1-4H3,(H,39,45)/t23?,34-/m1/s1. The average molecular weight is 696 g/mol. The molecule has 2 atom stereocenters. The normalized spacial score (nSPS) is 17.1. The van der Waals surface area contributed by atoms with Crippen LogP contribution in [0.5, 0.6) is 0 Å². The highest BCUT2D eigenvalue weighted by molar-refractivity contribution is 6.03. The van der Waals surface area contributed by atoms with Crippen LogP contribution in [-0.4, -0.2) is 82.1 Å². The van der Waals surface area contributed by atoms with Crippen LogP contribution in [0.2, 0.25) is 0 Å². The van der Waals surface area contributed by atoms with Crippen molar-refractivity contribution in [2.24, 2.45) is 11.7 Å². The van der Waals surface area contributed by atoms with E-state index < -0.39 is 35.3 Å². The summed E-state index contributed by atoms with van der Waals surface area (Å²) in [7, 11) is 0. The summed E-state index contributed by atoms with van der Waals surface area (Å²) >= 11 is 0. The lowest BCUT2D eigenvalue weighted by Crippen LogP contribution is -2.39. The quantitative estimate of drug-likeness (QED) is 0.120. The van der Waals surface area contributed by atoms with Gasteiger partial charge in [-0.25, -0.2) is 28.2 Å².